The van der Waals surface area contributed by atoms with Crippen molar-refractivity contribution in [2.75, 3.05) is 0 Å². The van der Waals surface area contributed by atoms with Crippen molar-refractivity contribution in [3.8, 4) is 0 Å². The second kappa shape index (κ2) is 6.66. The zero-order chi connectivity index (χ0) is 16.4. The molecular formula is C19H13BrCl2O. The van der Waals surface area contributed by atoms with Crippen molar-refractivity contribution in [2.45, 2.75) is 5.60 Å². The third kappa shape index (κ3) is 3.31. The van der Waals surface area contributed by atoms with Crippen LogP contribution < -0.4 is 0 Å². The highest BCUT2D eigenvalue weighted by atomic mass is 79.9. The van der Waals surface area contributed by atoms with Crippen LogP contribution in [0.15, 0.2) is 77.3 Å². The molecule has 23 heavy (non-hydrogen) atoms. The standard InChI is InChI=1S/C19H13BrCl2O/c20-16-3-1-2-15(12-16)19(23,13-4-8-17(21)9-5-13)14-6-10-18(22)11-7-14/h1-12,23H. The summed E-state index contributed by atoms with van der Waals surface area (Å²) in [7, 11) is 0. The zero-order valence-corrected chi connectivity index (χ0v) is 15.1. The molecule has 0 fully saturated rings. The van der Waals surface area contributed by atoms with Crippen LogP contribution in [0.1, 0.15) is 16.7 Å². The Morgan fingerprint density at radius 1 is 0.696 bits per heavy atom. The number of hydrogen-bond acceptors (Lipinski definition) is 1. The second-order valence-corrected chi connectivity index (χ2v) is 7.02. The molecule has 1 N–H and O–H groups in total. The van der Waals surface area contributed by atoms with Gasteiger partial charge < -0.3 is 5.11 Å². The van der Waals surface area contributed by atoms with Crippen LogP contribution in [-0.4, -0.2) is 5.11 Å². The quantitative estimate of drug-likeness (QED) is 0.524. The van der Waals surface area contributed by atoms with E-state index in [1.165, 1.54) is 0 Å². The summed E-state index contributed by atoms with van der Waals surface area (Å²) in [6.07, 6.45) is 0. The Hall–Kier alpha value is -1.32. The Morgan fingerprint density at radius 3 is 1.61 bits per heavy atom. The molecule has 116 valence electrons. The normalized spacial score (nSPS) is 11.5. The summed E-state index contributed by atoms with van der Waals surface area (Å²) in [6, 6.07) is 22.0. The van der Waals surface area contributed by atoms with Gasteiger partial charge >= 0.3 is 0 Å². The Kier molecular flexibility index (Phi) is 4.79. The van der Waals surface area contributed by atoms with Crippen molar-refractivity contribution in [1.29, 1.82) is 0 Å². The average molecular weight is 408 g/mol. The van der Waals surface area contributed by atoms with E-state index in [4.69, 9.17) is 23.2 Å². The summed E-state index contributed by atoms with van der Waals surface area (Å²) in [4.78, 5) is 0. The van der Waals surface area contributed by atoms with Crippen molar-refractivity contribution in [2.24, 2.45) is 0 Å². The first-order valence-electron chi connectivity index (χ1n) is 7.00. The molecule has 0 aliphatic heterocycles. The molecule has 0 radical (unpaired) electrons. The SMILES string of the molecule is OC(c1ccc(Cl)cc1)(c1ccc(Cl)cc1)c1cccc(Br)c1. The van der Waals surface area contributed by atoms with Gasteiger partial charge in [-0.15, -0.1) is 0 Å². The molecule has 0 heterocycles. The third-order valence-electron chi connectivity index (χ3n) is 3.77. The number of rotatable bonds is 3. The Morgan fingerprint density at radius 2 is 1.17 bits per heavy atom. The molecule has 0 saturated heterocycles. The van der Waals surface area contributed by atoms with Crippen molar-refractivity contribution >= 4 is 39.1 Å². The first-order chi connectivity index (χ1) is 11.0. The molecular weight excluding hydrogens is 395 g/mol. The predicted octanol–water partition coefficient (Wildman–Crippen LogP) is 6.04. The molecule has 0 aliphatic carbocycles. The predicted molar refractivity (Wildman–Crippen MR) is 99.1 cm³/mol. The van der Waals surface area contributed by atoms with Crippen LogP contribution in [-0.2, 0) is 5.60 Å². The second-order valence-electron chi connectivity index (χ2n) is 5.23. The minimum Gasteiger partial charge on any atom is -0.376 e. The van der Waals surface area contributed by atoms with Crippen molar-refractivity contribution in [1.82, 2.24) is 0 Å². The summed E-state index contributed by atoms with van der Waals surface area (Å²) in [6.45, 7) is 0. The third-order valence-corrected chi connectivity index (χ3v) is 4.76. The minimum atomic E-state index is -1.29. The van der Waals surface area contributed by atoms with Crippen LogP contribution in [0.2, 0.25) is 10.0 Å². The van der Waals surface area contributed by atoms with Gasteiger partial charge in [-0.05, 0) is 53.1 Å². The van der Waals surface area contributed by atoms with E-state index < -0.39 is 5.60 Å². The van der Waals surface area contributed by atoms with Crippen molar-refractivity contribution in [3.63, 3.8) is 0 Å². The average Bonchev–Trinajstić information content (AvgIpc) is 2.55. The number of halogens is 3. The molecule has 0 amide bonds. The van der Waals surface area contributed by atoms with Crippen LogP contribution in [0.5, 0.6) is 0 Å². The van der Waals surface area contributed by atoms with E-state index in [-0.39, 0.29) is 0 Å². The van der Waals surface area contributed by atoms with E-state index in [1.54, 1.807) is 24.3 Å². The van der Waals surface area contributed by atoms with Gasteiger partial charge in [0, 0.05) is 14.5 Å². The van der Waals surface area contributed by atoms with Gasteiger partial charge in [-0.2, -0.15) is 0 Å². The van der Waals surface area contributed by atoms with Gasteiger partial charge in [0.25, 0.3) is 0 Å². The summed E-state index contributed by atoms with van der Waals surface area (Å²) >= 11 is 15.5. The van der Waals surface area contributed by atoms with E-state index in [0.29, 0.717) is 10.0 Å². The first-order valence-corrected chi connectivity index (χ1v) is 8.55. The van der Waals surface area contributed by atoms with Gasteiger partial charge in [0.05, 0.1) is 0 Å². The molecule has 0 bridgehead atoms. The number of benzene rings is 3. The highest BCUT2D eigenvalue weighted by Gasteiger charge is 2.33. The largest absolute Gasteiger partial charge is 0.376 e. The molecule has 4 heteroatoms. The Bertz CT molecular complexity index is 768. The maximum Gasteiger partial charge on any atom is 0.140 e. The summed E-state index contributed by atoms with van der Waals surface area (Å²) < 4.78 is 0.899. The molecule has 0 saturated carbocycles. The van der Waals surface area contributed by atoms with Crippen LogP contribution >= 0.6 is 39.1 Å². The lowest BCUT2D eigenvalue weighted by atomic mass is 9.80. The smallest absolute Gasteiger partial charge is 0.140 e. The first kappa shape index (κ1) is 16.5. The molecule has 0 spiro atoms. The lowest BCUT2D eigenvalue weighted by Gasteiger charge is -2.30. The van der Waals surface area contributed by atoms with E-state index in [2.05, 4.69) is 15.9 Å². The Balaban J connectivity index is 2.24. The fourth-order valence-corrected chi connectivity index (χ4v) is 3.25. The highest BCUT2D eigenvalue weighted by Crippen LogP contribution is 2.38. The minimum absolute atomic E-state index is 0.626. The fraction of sp³-hybridized carbons (Fsp3) is 0.0526. The molecule has 0 aromatic heterocycles. The fourth-order valence-electron chi connectivity index (χ4n) is 2.60. The van der Waals surface area contributed by atoms with Crippen LogP contribution in [0.4, 0.5) is 0 Å². The molecule has 0 aliphatic rings. The molecule has 0 unspecified atom stereocenters. The van der Waals surface area contributed by atoms with Gasteiger partial charge in [0.2, 0.25) is 0 Å². The molecule has 1 nitrogen and oxygen atoms in total. The molecule has 3 aromatic carbocycles. The summed E-state index contributed by atoms with van der Waals surface area (Å²) in [5.41, 5.74) is 0.944. The maximum atomic E-state index is 11.6. The maximum absolute atomic E-state index is 11.6. The van der Waals surface area contributed by atoms with E-state index >= 15 is 0 Å². The molecule has 0 atom stereocenters. The zero-order valence-electron chi connectivity index (χ0n) is 12.0. The topological polar surface area (TPSA) is 20.2 Å². The summed E-state index contributed by atoms with van der Waals surface area (Å²) in [5.74, 6) is 0. The van der Waals surface area contributed by atoms with Gasteiger partial charge in [-0.25, -0.2) is 0 Å². The van der Waals surface area contributed by atoms with E-state index in [9.17, 15) is 5.11 Å². The number of hydrogen-bond donors (Lipinski definition) is 1. The Labute approximate surface area is 153 Å². The van der Waals surface area contributed by atoms with Crippen LogP contribution in [0, 0.1) is 0 Å². The lowest BCUT2D eigenvalue weighted by molar-refractivity contribution is 0.125. The van der Waals surface area contributed by atoms with Crippen molar-refractivity contribution < 1.29 is 5.11 Å². The molecule has 3 aromatic rings. The van der Waals surface area contributed by atoms with E-state index in [1.807, 2.05) is 48.5 Å². The summed E-state index contributed by atoms with van der Waals surface area (Å²) in [5, 5.41) is 12.9. The number of aliphatic hydroxyl groups is 1. The van der Waals surface area contributed by atoms with Crippen LogP contribution in [0.25, 0.3) is 0 Å². The van der Waals surface area contributed by atoms with Gasteiger partial charge in [0.15, 0.2) is 0 Å². The van der Waals surface area contributed by atoms with E-state index in [0.717, 1.165) is 21.2 Å². The molecule has 3 rings (SSSR count). The van der Waals surface area contributed by atoms with Crippen molar-refractivity contribution in [3.05, 3.63) is 104 Å². The lowest BCUT2D eigenvalue weighted by Crippen LogP contribution is -2.28. The van der Waals surface area contributed by atoms with Crippen LogP contribution in [0.3, 0.4) is 0 Å². The highest BCUT2D eigenvalue weighted by molar-refractivity contribution is 9.10. The van der Waals surface area contributed by atoms with Gasteiger partial charge in [-0.1, -0.05) is 75.5 Å². The van der Waals surface area contributed by atoms with Gasteiger partial charge in [-0.3, -0.25) is 0 Å². The monoisotopic (exact) mass is 406 g/mol. The van der Waals surface area contributed by atoms with Gasteiger partial charge in [0.1, 0.15) is 5.60 Å².